The SMILES string of the molecule is CN=C(NCc1ccc(C(C)(C)C)cc1)N(C)CC1CCOC1. The number of nitrogens with one attached hydrogen (secondary N) is 1. The van der Waals surface area contributed by atoms with E-state index in [1.165, 1.54) is 11.1 Å². The van der Waals surface area contributed by atoms with Crippen LogP contribution in [-0.2, 0) is 16.7 Å². The Balaban J connectivity index is 1.87. The first-order valence-corrected chi connectivity index (χ1v) is 8.49. The van der Waals surface area contributed by atoms with E-state index in [1.807, 2.05) is 7.05 Å². The summed E-state index contributed by atoms with van der Waals surface area (Å²) < 4.78 is 5.45. The third kappa shape index (κ3) is 5.24. The van der Waals surface area contributed by atoms with Crippen molar-refractivity contribution in [1.82, 2.24) is 10.2 Å². The van der Waals surface area contributed by atoms with Gasteiger partial charge in [-0.05, 0) is 23.0 Å². The first-order chi connectivity index (χ1) is 10.9. The second kappa shape index (κ2) is 7.82. The molecule has 0 saturated carbocycles. The highest BCUT2D eigenvalue weighted by atomic mass is 16.5. The van der Waals surface area contributed by atoms with Crippen LogP contribution in [0.5, 0.6) is 0 Å². The number of hydrogen-bond donors (Lipinski definition) is 1. The van der Waals surface area contributed by atoms with Gasteiger partial charge in [0.1, 0.15) is 0 Å². The topological polar surface area (TPSA) is 36.9 Å². The van der Waals surface area contributed by atoms with E-state index < -0.39 is 0 Å². The summed E-state index contributed by atoms with van der Waals surface area (Å²) in [5, 5.41) is 3.45. The molecular weight excluding hydrogens is 286 g/mol. The molecule has 0 bridgehead atoms. The van der Waals surface area contributed by atoms with Gasteiger partial charge in [0.05, 0.1) is 6.61 Å². The second-order valence-corrected chi connectivity index (χ2v) is 7.46. The average Bonchev–Trinajstić information content (AvgIpc) is 3.00. The second-order valence-electron chi connectivity index (χ2n) is 7.46. The Bertz CT molecular complexity index is 510. The lowest BCUT2D eigenvalue weighted by molar-refractivity contribution is 0.181. The van der Waals surface area contributed by atoms with Crippen LogP contribution in [0.1, 0.15) is 38.3 Å². The predicted molar refractivity (Wildman–Crippen MR) is 96.9 cm³/mol. The lowest BCUT2D eigenvalue weighted by Crippen LogP contribution is -2.41. The summed E-state index contributed by atoms with van der Waals surface area (Å²) in [5.41, 5.74) is 2.84. The van der Waals surface area contributed by atoms with Gasteiger partial charge in [0.25, 0.3) is 0 Å². The molecule has 0 amide bonds. The molecule has 23 heavy (non-hydrogen) atoms. The Morgan fingerprint density at radius 2 is 2.00 bits per heavy atom. The maximum Gasteiger partial charge on any atom is 0.193 e. The van der Waals surface area contributed by atoms with Crippen LogP contribution in [0, 0.1) is 5.92 Å². The van der Waals surface area contributed by atoms with Gasteiger partial charge in [-0.15, -0.1) is 0 Å². The van der Waals surface area contributed by atoms with Gasteiger partial charge >= 0.3 is 0 Å². The molecule has 4 nitrogen and oxygen atoms in total. The van der Waals surface area contributed by atoms with Crippen molar-refractivity contribution in [1.29, 1.82) is 0 Å². The van der Waals surface area contributed by atoms with Crippen LogP contribution in [0.25, 0.3) is 0 Å². The van der Waals surface area contributed by atoms with E-state index in [4.69, 9.17) is 4.74 Å². The van der Waals surface area contributed by atoms with Crippen LogP contribution >= 0.6 is 0 Å². The van der Waals surface area contributed by atoms with Crippen LogP contribution in [0.15, 0.2) is 29.3 Å². The summed E-state index contributed by atoms with van der Waals surface area (Å²) in [6, 6.07) is 8.84. The molecule has 1 aliphatic rings. The smallest absolute Gasteiger partial charge is 0.193 e. The Hall–Kier alpha value is -1.55. The van der Waals surface area contributed by atoms with E-state index in [0.717, 1.165) is 38.7 Å². The van der Waals surface area contributed by atoms with Gasteiger partial charge < -0.3 is 15.0 Å². The summed E-state index contributed by atoms with van der Waals surface area (Å²) in [5.74, 6) is 1.56. The zero-order chi connectivity index (χ0) is 16.9. The summed E-state index contributed by atoms with van der Waals surface area (Å²) >= 11 is 0. The molecule has 128 valence electrons. The monoisotopic (exact) mass is 317 g/mol. The summed E-state index contributed by atoms with van der Waals surface area (Å²) in [4.78, 5) is 6.59. The molecule has 0 aliphatic carbocycles. The van der Waals surface area contributed by atoms with Crippen molar-refractivity contribution in [2.45, 2.75) is 39.2 Å². The van der Waals surface area contributed by atoms with Crippen molar-refractivity contribution in [2.24, 2.45) is 10.9 Å². The van der Waals surface area contributed by atoms with E-state index in [-0.39, 0.29) is 5.41 Å². The van der Waals surface area contributed by atoms with E-state index in [0.29, 0.717) is 5.92 Å². The lowest BCUT2D eigenvalue weighted by Gasteiger charge is -2.24. The van der Waals surface area contributed by atoms with Crippen molar-refractivity contribution in [3.8, 4) is 0 Å². The molecule has 2 rings (SSSR count). The van der Waals surface area contributed by atoms with Crippen LogP contribution in [0.4, 0.5) is 0 Å². The quantitative estimate of drug-likeness (QED) is 0.685. The highest BCUT2D eigenvalue weighted by Gasteiger charge is 2.19. The van der Waals surface area contributed by atoms with Crippen molar-refractivity contribution < 1.29 is 4.74 Å². The summed E-state index contributed by atoms with van der Waals surface area (Å²) in [6.07, 6.45) is 1.15. The highest BCUT2D eigenvalue weighted by molar-refractivity contribution is 5.79. The number of benzene rings is 1. The first-order valence-electron chi connectivity index (χ1n) is 8.49. The Morgan fingerprint density at radius 3 is 2.52 bits per heavy atom. The van der Waals surface area contributed by atoms with Crippen molar-refractivity contribution in [3.63, 3.8) is 0 Å². The van der Waals surface area contributed by atoms with Crippen molar-refractivity contribution in [2.75, 3.05) is 33.9 Å². The third-order valence-corrected chi connectivity index (χ3v) is 4.40. The molecule has 1 saturated heterocycles. The Morgan fingerprint density at radius 1 is 1.30 bits per heavy atom. The molecule has 1 aromatic carbocycles. The van der Waals surface area contributed by atoms with Crippen LogP contribution < -0.4 is 5.32 Å². The molecule has 1 N–H and O–H groups in total. The van der Waals surface area contributed by atoms with E-state index in [9.17, 15) is 0 Å². The number of hydrogen-bond acceptors (Lipinski definition) is 2. The van der Waals surface area contributed by atoms with Crippen molar-refractivity contribution in [3.05, 3.63) is 35.4 Å². The third-order valence-electron chi connectivity index (χ3n) is 4.40. The lowest BCUT2D eigenvalue weighted by atomic mass is 9.87. The zero-order valence-corrected chi connectivity index (χ0v) is 15.2. The van der Waals surface area contributed by atoms with Crippen LogP contribution in [0.2, 0.25) is 0 Å². The maximum atomic E-state index is 5.45. The molecule has 1 aromatic rings. The largest absolute Gasteiger partial charge is 0.381 e. The van der Waals surface area contributed by atoms with Gasteiger partial charge in [0.15, 0.2) is 5.96 Å². The number of rotatable bonds is 4. The highest BCUT2D eigenvalue weighted by Crippen LogP contribution is 2.22. The van der Waals surface area contributed by atoms with E-state index in [2.05, 4.69) is 67.3 Å². The molecule has 1 unspecified atom stereocenters. The number of guanidine groups is 1. The minimum absolute atomic E-state index is 0.200. The Kier molecular flexibility index (Phi) is 6.05. The maximum absolute atomic E-state index is 5.45. The fourth-order valence-electron chi connectivity index (χ4n) is 2.89. The summed E-state index contributed by atoms with van der Waals surface area (Å²) in [7, 11) is 3.93. The minimum atomic E-state index is 0.200. The molecule has 0 aromatic heterocycles. The van der Waals surface area contributed by atoms with Gasteiger partial charge in [0.2, 0.25) is 0 Å². The zero-order valence-electron chi connectivity index (χ0n) is 15.2. The van der Waals surface area contributed by atoms with E-state index >= 15 is 0 Å². The first kappa shape index (κ1) is 17.8. The van der Waals surface area contributed by atoms with Gasteiger partial charge in [-0.25, -0.2) is 0 Å². The fourth-order valence-corrected chi connectivity index (χ4v) is 2.89. The number of aliphatic imine (C=N–C) groups is 1. The molecule has 0 radical (unpaired) electrons. The molecule has 1 heterocycles. The Labute approximate surface area is 140 Å². The molecule has 4 heteroatoms. The standard InChI is InChI=1S/C19H31N3O/c1-19(2,3)17-8-6-15(7-9-17)12-21-18(20-4)22(5)13-16-10-11-23-14-16/h6-9,16H,10-14H2,1-5H3,(H,20,21). The van der Waals surface area contributed by atoms with Crippen LogP contribution in [-0.4, -0.2) is 44.7 Å². The van der Waals surface area contributed by atoms with Crippen molar-refractivity contribution >= 4 is 5.96 Å². The minimum Gasteiger partial charge on any atom is -0.381 e. The van der Waals surface area contributed by atoms with Gasteiger partial charge in [-0.1, -0.05) is 45.0 Å². The molecule has 1 atom stereocenters. The predicted octanol–water partition coefficient (Wildman–Crippen LogP) is 3.03. The molecule has 0 spiro atoms. The fraction of sp³-hybridized carbons (Fsp3) is 0.632. The van der Waals surface area contributed by atoms with Gasteiger partial charge in [-0.3, -0.25) is 4.99 Å². The van der Waals surface area contributed by atoms with Gasteiger partial charge in [-0.2, -0.15) is 0 Å². The van der Waals surface area contributed by atoms with Crippen LogP contribution in [0.3, 0.4) is 0 Å². The summed E-state index contributed by atoms with van der Waals surface area (Å²) in [6.45, 7) is 10.3. The van der Waals surface area contributed by atoms with Gasteiger partial charge in [0, 0.05) is 39.7 Å². The normalized spacial score (nSPS) is 19.0. The van der Waals surface area contributed by atoms with E-state index in [1.54, 1.807) is 0 Å². The number of nitrogens with zero attached hydrogens (tertiary/aromatic N) is 2. The number of ether oxygens (including phenoxy) is 1. The average molecular weight is 317 g/mol. The molecule has 1 fully saturated rings. The molecule has 1 aliphatic heterocycles. The molecular formula is C19H31N3O.